The maximum Gasteiger partial charge on any atom is 0.268 e. The van der Waals surface area contributed by atoms with E-state index in [1.165, 1.54) is 392 Å². The second-order valence-electron chi connectivity index (χ2n) is 30.2. The molecule has 3 unspecified atom stereocenters. The lowest BCUT2D eigenvalue weighted by Gasteiger charge is -2.30. The van der Waals surface area contributed by atoms with Crippen molar-refractivity contribution in [3.8, 4) is 0 Å². The van der Waals surface area contributed by atoms with Crippen LogP contribution in [0.3, 0.4) is 0 Å². The van der Waals surface area contributed by atoms with Crippen molar-refractivity contribution in [2.24, 2.45) is 0 Å². The molecular weight excluding hydrogens is 1140 g/mol. The lowest BCUT2D eigenvalue weighted by molar-refractivity contribution is -0.870. The zero-order valence-electron chi connectivity index (χ0n) is 62.6. The van der Waals surface area contributed by atoms with Gasteiger partial charge in [-0.05, 0) is 38.5 Å². The van der Waals surface area contributed by atoms with Crippen LogP contribution in [0.15, 0.2) is 12.2 Å². The monoisotopic (exact) mass is 1310 g/mol. The number of phosphoric acid groups is 1. The van der Waals surface area contributed by atoms with Crippen molar-refractivity contribution < 1.29 is 32.9 Å². The third-order valence-electron chi connectivity index (χ3n) is 19.8. The summed E-state index contributed by atoms with van der Waals surface area (Å²) < 4.78 is 23.6. The van der Waals surface area contributed by atoms with E-state index < -0.39 is 20.0 Å². The van der Waals surface area contributed by atoms with Crippen molar-refractivity contribution in [1.29, 1.82) is 0 Å². The summed E-state index contributed by atoms with van der Waals surface area (Å²) in [7, 11) is 1.33. The third kappa shape index (κ3) is 76.5. The van der Waals surface area contributed by atoms with E-state index >= 15 is 0 Å². The third-order valence-corrected chi connectivity index (χ3v) is 20.7. The van der Waals surface area contributed by atoms with Gasteiger partial charge in [-0.2, -0.15) is 0 Å². The standard InChI is InChI=1S/C82H165N2O6P/c1-6-8-10-12-14-16-18-20-22-24-26-28-30-32-34-36-38-40-41-42-43-44-46-48-50-52-54-56-58-60-62-64-66-68-70-72-74-76-82(86)83-80(79-90-91(87,88)89-78-77-84(3,4)5)81(85)75-73-71-69-67-65-63-61-59-57-55-53-51-49-47-45-39-37-35-33-31-29-27-25-23-21-19-17-15-13-11-9-7-2/h24,26,80-81,85H,6-23,25,27-79H2,1-5H3,(H-,83,86,87,88)/b26-24-. The van der Waals surface area contributed by atoms with Gasteiger partial charge >= 0.3 is 0 Å². The number of carbonyl (C=O) groups excluding carboxylic acids is 1. The van der Waals surface area contributed by atoms with E-state index in [1.54, 1.807) is 0 Å². The number of phosphoric ester groups is 1. The highest BCUT2D eigenvalue weighted by Crippen LogP contribution is 2.38. The average Bonchev–Trinajstić information content (AvgIpc) is 3.42. The van der Waals surface area contributed by atoms with E-state index in [4.69, 9.17) is 9.05 Å². The topological polar surface area (TPSA) is 108 Å². The number of amides is 1. The summed E-state index contributed by atoms with van der Waals surface area (Å²) >= 11 is 0. The molecule has 2 N–H and O–H groups in total. The Bertz CT molecular complexity index is 1490. The van der Waals surface area contributed by atoms with Crippen LogP contribution in [-0.2, 0) is 18.4 Å². The molecule has 3 atom stereocenters. The molecule has 544 valence electrons. The van der Waals surface area contributed by atoms with Gasteiger partial charge in [0.25, 0.3) is 7.82 Å². The molecule has 0 aromatic rings. The van der Waals surface area contributed by atoms with E-state index in [0.29, 0.717) is 23.9 Å². The number of hydrogen-bond acceptors (Lipinski definition) is 6. The highest BCUT2D eigenvalue weighted by molar-refractivity contribution is 7.45. The molecule has 0 bridgehead atoms. The molecule has 0 radical (unpaired) electrons. The minimum atomic E-state index is -4.58. The zero-order valence-corrected chi connectivity index (χ0v) is 63.5. The Balaban J connectivity index is 3.88. The molecule has 0 rings (SSSR count). The lowest BCUT2D eigenvalue weighted by Crippen LogP contribution is -2.46. The van der Waals surface area contributed by atoms with Gasteiger partial charge < -0.3 is 28.8 Å². The van der Waals surface area contributed by atoms with E-state index in [1.807, 2.05) is 21.1 Å². The van der Waals surface area contributed by atoms with Crippen molar-refractivity contribution >= 4 is 13.7 Å². The normalized spacial score (nSPS) is 13.4. The van der Waals surface area contributed by atoms with E-state index in [-0.39, 0.29) is 19.1 Å². The Kier molecular flexibility index (Phi) is 72.9. The molecule has 0 aromatic carbocycles. The highest BCUT2D eigenvalue weighted by Gasteiger charge is 2.24. The summed E-state index contributed by atoms with van der Waals surface area (Å²) in [6.45, 7) is 4.81. The number of aliphatic hydroxyl groups excluding tert-OH is 1. The Morgan fingerprint density at radius 3 is 0.857 bits per heavy atom. The first-order valence-electron chi connectivity index (χ1n) is 41.5. The summed E-state index contributed by atoms with van der Waals surface area (Å²) in [4.78, 5) is 25.8. The first-order chi connectivity index (χ1) is 44.5. The molecule has 0 spiro atoms. The molecule has 0 fully saturated rings. The van der Waals surface area contributed by atoms with Gasteiger partial charge in [0.05, 0.1) is 39.9 Å². The summed E-state index contributed by atoms with van der Waals surface area (Å²) in [5.41, 5.74) is 0. The van der Waals surface area contributed by atoms with Crippen molar-refractivity contribution in [3.05, 3.63) is 12.2 Å². The molecule has 0 saturated heterocycles. The second-order valence-corrected chi connectivity index (χ2v) is 31.6. The van der Waals surface area contributed by atoms with Gasteiger partial charge in [-0.1, -0.05) is 424 Å². The maximum absolute atomic E-state index is 13.1. The van der Waals surface area contributed by atoms with Crippen LogP contribution >= 0.6 is 7.82 Å². The number of nitrogens with one attached hydrogen (secondary N) is 1. The molecule has 8 nitrogen and oxygen atoms in total. The summed E-state index contributed by atoms with van der Waals surface area (Å²) in [5.74, 6) is -0.152. The van der Waals surface area contributed by atoms with Crippen molar-refractivity contribution in [2.45, 2.75) is 469 Å². The van der Waals surface area contributed by atoms with E-state index in [0.717, 1.165) is 38.5 Å². The number of quaternary nitrogens is 1. The van der Waals surface area contributed by atoms with Crippen molar-refractivity contribution in [3.63, 3.8) is 0 Å². The van der Waals surface area contributed by atoms with Crippen LogP contribution in [0.1, 0.15) is 457 Å². The van der Waals surface area contributed by atoms with Gasteiger partial charge in [-0.25, -0.2) is 0 Å². The Morgan fingerprint density at radius 2 is 0.604 bits per heavy atom. The summed E-state index contributed by atoms with van der Waals surface area (Å²) in [6.07, 6.45) is 96.4. The van der Waals surface area contributed by atoms with Gasteiger partial charge in [-0.15, -0.1) is 0 Å². The molecule has 0 heterocycles. The van der Waals surface area contributed by atoms with Gasteiger partial charge in [0.1, 0.15) is 13.2 Å². The Hall–Kier alpha value is -0.760. The van der Waals surface area contributed by atoms with Crippen molar-refractivity contribution in [1.82, 2.24) is 5.32 Å². The molecule has 0 aliphatic carbocycles. The first kappa shape index (κ1) is 90.2. The van der Waals surface area contributed by atoms with Gasteiger partial charge in [0.15, 0.2) is 0 Å². The van der Waals surface area contributed by atoms with Gasteiger partial charge in [0.2, 0.25) is 5.91 Å². The molecular formula is C82H165N2O6P. The molecule has 0 aliphatic rings. The number of allylic oxidation sites excluding steroid dienone is 2. The molecule has 0 saturated carbocycles. The quantitative estimate of drug-likeness (QED) is 0.0272. The predicted molar refractivity (Wildman–Crippen MR) is 399 cm³/mol. The van der Waals surface area contributed by atoms with Crippen LogP contribution in [0.2, 0.25) is 0 Å². The average molecular weight is 1310 g/mol. The molecule has 1 amide bonds. The second kappa shape index (κ2) is 73.5. The largest absolute Gasteiger partial charge is 0.756 e. The fourth-order valence-corrected chi connectivity index (χ4v) is 14.1. The molecule has 0 aromatic heterocycles. The van der Waals surface area contributed by atoms with Crippen molar-refractivity contribution in [2.75, 3.05) is 40.9 Å². The summed E-state index contributed by atoms with van der Waals surface area (Å²) in [6, 6.07) is -0.799. The molecule has 0 aliphatic heterocycles. The number of rotatable bonds is 79. The highest BCUT2D eigenvalue weighted by atomic mass is 31.2. The number of hydrogen-bond donors (Lipinski definition) is 2. The fraction of sp³-hybridized carbons (Fsp3) is 0.963. The number of aliphatic hydroxyl groups is 1. The minimum Gasteiger partial charge on any atom is -0.756 e. The number of nitrogens with zero attached hydrogens (tertiary/aromatic N) is 1. The summed E-state index contributed by atoms with van der Waals surface area (Å²) in [5, 5.41) is 14.2. The number of likely N-dealkylation sites (N-methyl/N-ethyl adjacent to an activating group) is 1. The van der Waals surface area contributed by atoms with E-state index in [2.05, 4.69) is 31.3 Å². The lowest BCUT2D eigenvalue weighted by atomic mass is 10.0. The Labute approximate surface area is 571 Å². The predicted octanol–water partition coefficient (Wildman–Crippen LogP) is 26.6. The SMILES string of the molecule is CCCCCCCCCC/C=C\CCCCCCCCCCCCCCCCCCCCCCCCCCCC(=O)NC(COP(=O)([O-])OCC[N+](C)(C)C)C(O)CCCCCCCCCCCCCCCCCCCCCCCCCCCCCCCCCC. The van der Waals surface area contributed by atoms with Crippen LogP contribution < -0.4 is 10.2 Å². The fourth-order valence-electron chi connectivity index (χ4n) is 13.3. The minimum absolute atomic E-state index is 0.0164. The van der Waals surface area contributed by atoms with E-state index in [9.17, 15) is 19.4 Å². The maximum atomic E-state index is 13.1. The first-order valence-corrected chi connectivity index (χ1v) is 43.0. The van der Waals surface area contributed by atoms with Crippen LogP contribution in [0.25, 0.3) is 0 Å². The Morgan fingerprint density at radius 1 is 0.374 bits per heavy atom. The smallest absolute Gasteiger partial charge is 0.268 e. The zero-order chi connectivity index (χ0) is 66.2. The van der Waals surface area contributed by atoms with Gasteiger partial charge in [-0.3, -0.25) is 9.36 Å². The molecule has 91 heavy (non-hydrogen) atoms. The van der Waals surface area contributed by atoms with Crippen LogP contribution in [0.5, 0.6) is 0 Å². The van der Waals surface area contributed by atoms with Crippen LogP contribution in [0, 0.1) is 0 Å². The number of carbonyl (C=O) groups is 1. The molecule has 9 heteroatoms. The van der Waals surface area contributed by atoms with Crippen LogP contribution in [-0.4, -0.2) is 68.5 Å². The van der Waals surface area contributed by atoms with Crippen LogP contribution in [0.4, 0.5) is 0 Å². The number of unbranched alkanes of at least 4 members (excludes halogenated alkanes) is 64. The van der Waals surface area contributed by atoms with Gasteiger partial charge in [0, 0.05) is 6.42 Å².